The maximum absolute atomic E-state index is 13.0. The maximum Gasteiger partial charge on any atom is 0.573 e. The Balaban J connectivity index is 1.25. The normalized spacial score (nSPS) is 17.9. The van der Waals surface area contributed by atoms with Crippen LogP contribution in [0.1, 0.15) is 40.7 Å². The van der Waals surface area contributed by atoms with E-state index in [4.69, 9.17) is 9.05 Å². The van der Waals surface area contributed by atoms with Crippen LogP contribution >= 0.6 is 0 Å². The number of anilines is 1. The SMILES string of the molecule is Cc1noc([C@@H]2CC2C(=O)NCc2ccc(-c3cccc(OC(F)(F)F)c3)c3c2CN(C(=O)Nc2ccon2)CC3)n1. The Kier molecular flexibility index (Phi) is 7.04. The molecule has 3 heterocycles. The van der Waals surface area contributed by atoms with Gasteiger partial charge in [0.2, 0.25) is 11.8 Å². The van der Waals surface area contributed by atoms with E-state index in [0.717, 1.165) is 22.3 Å². The van der Waals surface area contributed by atoms with Crippen LogP contribution in [-0.4, -0.2) is 45.0 Å². The number of carbonyl (C=O) groups is 2. The molecule has 2 aromatic carbocycles. The van der Waals surface area contributed by atoms with Gasteiger partial charge in [0.25, 0.3) is 0 Å². The summed E-state index contributed by atoms with van der Waals surface area (Å²) in [4.78, 5) is 31.7. The lowest BCUT2D eigenvalue weighted by molar-refractivity contribution is -0.274. The Bertz CT molecular complexity index is 1620. The zero-order chi connectivity index (χ0) is 29.4. The molecule has 3 amide bonds. The fraction of sp³-hybridized carbons (Fsp3) is 0.321. The molecule has 0 bridgehead atoms. The van der Waals surface area contributed by atoms with Gasteiger partial charge in [-0.15, -0.1) is 13.2 Å². The summed E-state index contributed by atoms with van der Waals surface area (Å²) in [5, 5.41) is 13.2. The fourth-order valence-corrected chi connectivity index (χ4v) is 5.21. The predicted octanol–water partition coefficient (Wildman–Crippen LogP) is 4.94. The second-order valence-electron chi connectivity index (χ2n) is 10.1. The minimum absolute atomic E-state index is 0.121. The lowest BCUT2D eigenvalue weighted by atomic mass is 9.87. The van der Waals surface area contributed by atoms with Crippen LogP contribution in [0.25, 0.3) is 11.1 Å². The Hall–Kier alpha value is -4.88. The number of hydrogen-bond acceptors (Lipinski definition) is 8. The Labute approximate surface area is 237 Å². The van der Waals surface area contributed by atoms with Crippen molar-refractivity contribution in [2.45, 2.75) is 45.1 Å². The molecule has 2 atom stereocenters. The van der Waals surface area contributed by atoms with Crippen molar-refractivity contribution in [2.24, 2.45) is 5.92 Å². The average Bonchev–Trinajstić information content (AvgIpc) is 3.36. The second-order valence-corrected chi connectivity index (χ2v) is 10.1. The summed E-state index contributed by atoms with van der Waals surface area (Å²) in [7, 11) is 0. The lowest BCUT2D eigenvalue weighted by Crippen LogP contribution is -2.40. The highest BCUT2D eigenvalue weighted by molar-refractivity contribution is 5.88. The number of amides is 3. The van der Waals surface area contributed by atoms with Gasteiger partial charge in [-0.25, -0.2) is 4.79 Å². The van der Waals surface area contributed by atoms with Crippen LogP contribution in [0, 0.1) is 12.8 Å². The first-order valence-corrected chi connectivity index (χ1v) is 13.2. The highest BCUT2D eigenvalue weighted by atomic mass is 19.4. The Morgan fingerprint density at radius 3 is 2.74 bits per heavy atom. The molecule has 0 radical (unpaired) electrons. The van der Waals surface area contributed by atoms with Crippen molar-refractivity contribution in [1.82, 2.24) is 25.5 Å². The summed E-state index contributed by atoms with van der Waals surface area (Å²) in [5.41, 5.74) is 3.73. The maximum atomic E-state index is 13.0. The number of benzene rings is 2. The molecule has 2 aromatic heterocycles. The smallest absolute Gasteiger partial charge is 0.406 e. The zero-order valence-electron chi connectivity index (χ0n) is 22.3. The van der Waals surface area contributed by atoms with E-state index in [0.29, 0.717) is 36.7 Å². The van der Waals surface area contributed by atoms with E-state index >= 15 is 0 Å². The summed E-state index contributed by atoms with van der Waals surface area (Å²) < 4.78 is 52.7. The van der Waals surface area contributed by atoms with Gasteiger partial charge in [0.1, 0.15) is 12.0 Å². The molecule has 11 nitrogen and oxygen atoms in total. The minimum Gasteiger partial charge on any atom is -0.406 e. The molecule has 6 rings (SSSR count). The first kappa shape index (κ1) is 27.3. The van der Waals surface area contributed by atoms with Crippen molar-refractivity contribution in [3.8, 4) is 16.9 Å². The largest absolute Gasteiger partial charge is 0.573 e. The topological polar surface area (TPSA) is 136 Å². The molecule has 1 fully saturated rings. The van der Waals surface area contributed by atoms with E-state index in [1.54, 1.807) is 17.9 Å². The quantitative estimate of drug-likeness (QED) is 0.313. The third-order valence-electron chi connectivity index (χ3n) is 7.29. The predicted molar refractivity (Wildman–Crippen MR) is 140 cm³/mol. The van der Waals surface area contributed by atoms with Crippen molar-refractivity contribution in [1.29, 1.82) is 0 Å². The van der Waals surface area contributed by atoms with Gasteiger partial charge in [-0.2, -0.15) is 4.98 Å². The number of aromatic nitrogens is 3. The number of carbonyl (C=O) groups excluding carboxylic acids is 2. The van der Waals surface area contributed by atoms with Gasteiger partial charge >= 0.3 is 12.4 Å². The summed E-state index contributed by atoms with van der Waals surface area (Å²) in [6.07, 6.45) is -2.43. The molecule has 42 heavy (non-hydrogen) atoms. The summed E-state index contributed by atoms with van der Waals surface area (Å²) in [6, 6.07) is 10.5. The zero-order valence-corrected chi connectivity index (χ0v) is 22.3. The molecular weight excluding hydrogens is 557 g/mol. The van der Waals surface area contributed by atoms with Crippen LogP contribution in [0.5, 0.6) is 5.75 Å². The number of aryl methyl sites for hydroxylation is 1. The van der Waals surface area contributed by atoms with E-state index < -0.39 is 6.36 Å². The molecule has 2 N–H and O–H groups in total. The van der Waals surface area contributed by atoms with Crippen LogP contribution in [0.2, 0.25) is 0 Å². The van der Waals surface area contributed by atoms with Crippen LogP contribution in [-0.2, 0) is 24.3 Å². The number of urea groups is 1. The van der Waals surface area contributed by atoms with Gasteiger partial charge in [-0.3, -0.25) is 10.1 Å². The first-order valence-electron chi connectivity index (χ1n) is 13.2. The molecule has 14 heteroatoms. The van der Waals surface area contributed by atoms with Crippen LogP contribution in [0.4, 0.5) is 23.8 Å². The van der Waals surface area contributed by atoms with Crippen LogP contribution in [0.15, 0.2) is 57.8 Å². The third kappa shape index (κ3) is 5.92. The number of hydrogen-bond donors (Lipinski definition) is 2. The lowest BCUT2D eigenvalue weighted by Gasteiger charge is -2.32. The third-order valence-corrected chi connectivity index (χ3v) is 7.29. The number of alkyl halides is 3. The Morgan fingerprint density at radius 2 is 2.00 bits per heavy atom. The van der Waals surface area contributed by atoms with Gasteiger partial charge < -0.3 is 24.0 Å². The van der Waals surface area contributed by atoms with Crippen molar-refractivity contribution >= 4 is 17.8 Å². The van der Waals surface area contributed by atoms with Gasteiger partial charge in [-0.05, 0) is 59.7 Å². The van der Waals surface area contributed by atoms with E-state index in [1.165, 1.54) is 30.5 Å². The van der Waals surface area contributed by atoms with E-state index in [1.807, 2.05) is 12.1 Å². The number of fused-ring (bicyclic) bond motifs is 1. The summed E-state index contributed by atoms with van der Waals surface area (Å²) in [5.74, 6) is 0.344. The van der Waals surface area contributed by atoms with Crippen molar-refractivity contribution in [3.05, 3.63) is 77.1 Å². The molecule has 2 aliphatic rings. The number of halogens is 3. The number of nitrogens with zero attached hydrogens (tertiary/aromatic N) is 4. The molecule has 1 unspecified atom stereocenters. The van der Waals surface area contributed by atoms with Gasteiger partial charge in [0, 0.05) is 25.7 Å². The van der Waals surface area contributed by atoms with Crippen LogP contribution in [0.3, 0.4) is 0 Å². The second kappa shape index (κ2) is 10.8. The fourth-order valence-electron chi connectivity index (χ4n) is 5.21. The highest BCUT2D eigenvalue weighted by Gasteiger charge is 2.47. The van der Waals surface area contributed by atoms with Crippen molar-refractivity contribution < 1.29 is 36.5 Å². The number of rotatable bonds is 7. The molecule has 0 spiro atoms. The molecular formula is C28H25F3N6O5. The summed E-state index contributed by atoms with van der Waals surface area (Å²) >= 11 is 0. The molecule has 1 aliphatic heterocycles. The Morgan fingerprint density at radius 1 is 1.14 bits per heavy atom. The average molecular weight is 583 g/mol. The van der Waals surface area contributed by atoms with Crippen LogP contribution < -0.4 is 15.4 Å². The molecule has 1 saturated carbocycles. The number of ether oxygens (including phenoxy) is 1. The number of nitrogens with one attached hydrogen (secondary N) is 2. The standard InChI is InChI=1S/C28H25F3N6O5/c1-15-33-26(42-35-15)22-12-21(22)25(38)32-13-17-5-6-19(16-3-2-4-18(11-16)41-28(29,30)31)20-7-9-37(14-23(17)20)27(39)34-24-8-10-40-36-24/h2-6,8,10-11,21-22H,7,9,12-14H2,1H3,(H,32,38)(H,34,36,39)/t21?,22-/m1/s1. The van der Waals surface area contributed by atoms with Crippen molar-refractivity contribution in [2.75, 3.05) is 11.9 Å². The van der Waals surface area contributed by atoms with E-state index in [-0.39, 0.29) is 48.4 Å². The van der Waals surface area contributed by atoms with Crippen molar-refractivity contribution in [3.63, 3.8) is 0 Å². The summed E-state index contributed by atoms with van der Waals surface area (Å²) in [6.45, 7) is 2.48. The monoisotopic (exact) mass is 582 g/mol. The van der Waals surface area contributed by atoms with E-state index in [2.05, 4.69) is 30.7 Å². The minimum atomic E-state index is -4.82. The molecule has 4 aromatic rings. The van der Waals surface area contributed by atoms with Gasteiger partial charge in [0.05, 0.1) is 11.8 Å². The molecule has 0 saturated heterocycles. The van der Waals surface area contributed by atoms with Gasteiger partial charge in [-0.1, -0.05) is 34.6 Å². The molecule has 218 valence electrons. The van der Waals surface area contributed by atoms with Gasteiger partial charge in [0.15, 0.2) is 11.6 Å². The highest BCUT2D eigenvalue weighted by Crippen LogP contribution is 2.47. The molecule has 1 aliphatic carbocycles. The van der Waals surface area contributed by atoms with E-state index in [9.17, 15) is 22.8 Å². The first-order chi connectivity index (χ1) is 20.1.